The summed E-state index contributed by atoms with van der Waals surface area (Å²) < 4.78 is 42.1. The third-order valence-electron chi connectivity index (χ3n) is 4.09. The van der Waals surface area contributed by atoms with Gasteiger partial charge in [-0.15, -0.1) is 0 Å². The number of benzene rings is 2. The van der Waals surface area contributed by atoms with E-state index in [0.29, 0.717) is 11.3 Å². The van der Waals surface area contributed by atoms with Crippen molar-refractivity contribution in [1.29, 1.82) is 0 Å². The molecule has 2 aromatic carbocycles. The first kappa shape index (κ1) is 22.4. The van der Waals surface area contributed by atoms with Crippen molar-refractivity contribution in [2.45, 2.75) is 24.8 Å². The van der Waals surface area contributed by atoms with Crippen molar-refractivity contribution in [3.8, 4) is 11.5 Å². The number of ether oxygens (including phenoxy) is 3. The van der Waals surface area contributed by atoms with E-state index in [0.717, 1.165) is 5.56 Å². The molecule has 0 aliphatic carbocycles. The van der Waals surface area contributed by atoms with E-state index >= 15 is 0 Å². The third kappa shape index (κ3) is 5.78. The monoisotopic (exact) mass is 421 g/mol. The lowest BCUT2D eigenvalue weighted by atomic mass is 10.1. The second-order valence-electron chi connectivity index (χ2n) is 6.20. The molecule has 156 valence electrons. The number of carbonyl (C=O) groups is 2. The molecule has 0 radical (unpaired) electrons. The lowest BCUT2D eigenvalue weighted by molar-refractivity contribution is -0.144. The molecule has 9 heteroatoms. The first-order valence-corrected chi connectivity index (χ1v) is 10.2. The van der Waals surface area contributed by atoms with Gasteiger partial charge in [0, 0.05) is 11.6 Å². The molecule has 1 atom stereocenters. The summed E-state index contributed by atoms with van der Waals surface area (Å²) in [5, 5.41) is 0. The van der Waals surface area contributed by atoms with Crippen molar-refractivity contribution >= 4 is 21.8 Å². The van der Waals surface area contributed by atoms with Crippen LogP contribution < -0.4 is 14.2 Å². The van der Waals surface area contributed by atoms with E-state index in [9.17, 15) is 18.0 Å². The number of aryl methyl sites for hydroxylation is 1. The fraction of sp³-hybridized carbons (Fsp3) is 0.300. The maximum atomic E-state index is 12.4. The highest BCUT2D eigenvalue weighted by Crippen LogP contribution is 2.29. The van der Waals surface area contributed by atoms with Crippen molar-refractivity contribution in [2.75, 3.05) is 20.8 Å². The lowest BCUT2D eigenvalue weighted by Crippen LogP contribution is -2.34. The van der Waals surface area contributed by atoms with Gasteiger partial charge >= 0.3 is 5.97 Å². The SMILES string of the molecule is COc1ccc(S(=O)(=O)NCC(=O)O[C@@H](C)C(=O)c2ccc(C)cc2)cc1OC. The van der Waals surface area contributed by atoms with Crippen LogP contribution >= 0.6 is 0 Å². The highest BCUT2D eigenvalue weighted by molar-refractivity contribution is 7.89. The Labute approximate surface area is 169 Å². The molecule has 2 rings (SSSR count). The van der Waals surface area contributed by atoms with Crippen molar-refractivity contribution in [1.82, 2.24) is 4.72 Å². The highest BCUT2D eigenvalue weighted by atomic mass is 32.2. The predicted molar refractivity (Wildman–Crippen MR) is 106 cm³/mol. The summed E-state index contributed by atoms with van der Waals surface area (Å²) in [5.74, 6) is -0.646. The Morgan fingerprint density at radius 1 is 1.00 bits per heavy atom. The molecule has 0 saturated heterocycles. The van der Waals surface area contributed by atoms with E-state index in [1.807, 2.05) is 6.92 Å². The Hall–Kier alpha value is -2.91. The minimum Gasteiger partial charge on any atom is -0.493 e. The molecule has 1 N–H and O–H groups in total. The van der Waals surface area contributed by atoms with Gasteiger partial charge in [-0.1, -0.05) is 29.8 Å². The first-order valence-electron chi connectivity index (χ1n) is 8.70. The zero-order valence-electron chi connectivity index (χ0n) is 16.6. The average molecular weight is 421 g/mol. The van der Waals surface area contributed by atoms with Crippen LogP contribution in [0.15, 0.2) is 47.4 Å². The Kier molecular flexibility index (Phi) is 7.35. The van der Waals surface area contributed by atoms with Crippen LogP contribution in [0.25, 0.3) is 0 Å². The Balaban J connectivity index is 1.98. The molecule has 0 saturated carbocycles. The van der Waals surface area contributed by atoms with E-state index in [-0.39, 0.29) is 16.4 Å². The van der Waals surface area contributed by atoms with E-state index in [1.165, 1.54) is 39.3 Å². The zero-order valence-corrected chi connectivity index (χ0v) is 17.4. The van der Waals surface area contributed by atoms with Crippen LogP contribution in [0.4, 0.5) is 0 Å². The van der Waals surface area contributed by atoms with Crippen LogP contribution in [0.3, 0.4) is 0 Å². The van der Waals surface area contributed by atoms with Gasteiger partial charge in [-0.2, -0.15) is 4.72 Å². The third-order valence-corrected chi connectivity index (χ3v) is 5.48. The molecule has 0 bridgehead atoms. The van der Waals surface area contributed by atoms with Crippen LogP contribution in [-0.4, -0.2) is 47.0 Å². The van der Waals surface area contributed by atoms with Gasteiger partial charge in [-0.05, 0) is 26.0 Å². The number of nitrogens with one attached hydrogen (secondary N) is 1. The Morgan fingerprint density at radius 3 is 2.21 bits per heavy atom. The Bertz CT molecular complexity index is 984. The average Bonchev–Trinajstić information content (AvgIpc) is 2.71. The van der Waals surface area contributed by atoms with Gasteiger partial charge in [0.2, 0.25) is 15.8 Å². The minimum absolute atomic E-state index is 0.105. The van der Waals surface area contributed by atoms with Gasteiger partial charge in [0.15, 0.2) is 17.6 Å². The number of hydrogen-bond acceptors (Lipinski definition) is 7. The summed E-state index contributed by atoms with van der Waals surface area (Å²) in [6.07, 6.45) is -1.05. The normalized spacial score (nSPS) is 12.1. The number of hydrogen-bond donors (Lipinski definition) is 1. The van der Waals surface area contributed by atoms with E-state index in [2.05, 4.69) is 4.72 Å². The van der Waals surface area contributed by atoms with Crippen molar-refractivity contribution < 1.29 is 32.2 Å². The van der Waals surface area contributed by atoms with Crippen LogP contribution in [0.1, 0.15) is 22.8 Å². The first-order chi connectivity index (χ1) is 13.7. The second-order valence-corrected chi connectivity index (χ2v) is 7.97. The number of esters is 1. The van der Waals surface area contributed by atoms with Crippen molar-refractivity contribution in [2.24, 2.45) is 0 Å². The topological polar surface area (TPSA) is 108 Å². The van der Waals surface area contributed by atoms with Crippen LogP contribution in [0.2, 0.25) is 0 Å². The molecule has 8 nitrogen and oxygen atoms in total. The molecule has 0 aromatic heterocycles. The number of carbonyl (C=O) groups excluding carboxylic acids is 2. The van der Waals surface area contributed by atoms with E-state index in [1.54, 1.807) is 24.3 Å². The second kappa shape index (κ2) is 9.53. The van der Waals surface area contributed by atoms with E-state index in [4.69, 9.17) is 14.2 Å². The van der Waals surface area contributed by atoms with Crippen molar-refractivity contribution in [3.63, 3.8) is 0 Å². The largest absolute Gasteiger partial charge is 0.493 e. The lowest BCUT2D eigenvalue weighted by Gasteiger charge is -2.14. The summed E-state index contributed by atoms with van der Waals surface area (Å²) >= 11 is 0. The van der Waals surface area contributed by atoms with Gasteiger partial charge < -0.3 is 14.2 Å². The molecule has 0 fully saturated rings. The standard InChI is InChI=1S/C20H23NO7S/c1-13-5-7-15(8-6-13)20(23)14(2)28-19(22)12-21-29(24,25)16-9-10-17(26-3)18(11-16)27-4/h5-11,14,21H,12H2,1-4H3/t14-/m0/s1. The van der Waals surface area contributed by atoms with Gasteiger partial charge in [-0.25, -0.2) is 8.42 Å². The summed E-state index contributed by atoms with van der Waals surface area (Å²) in [6.45, 7) is 2.70. The summed E-state index contributed by atoms with van der Waals surface area (Å²) in [5.41, 5.74) is 1.40. The fourth-order valence-corrected chi connectivity index (χ4v) is 3.45. The van der Waals surface area contributed by atoms with Gasteiger partial charge in [0.1, 0.15) is 6.54 Å². The molecule has 0 aliphatic rings. The minimum atomic E-state index is -4.00. The van der Waals surface area contributed by atoms with Gasteiger partial charge in [0.05, 0.1) is 19.1 Å². The van der Waals surface area contributed by atoms with E-state index < -0.39 is 28.6 Å². The molecular formula is C20H23NO7S. The Morgan fingerprint density at radius 2 is 1.62 bits per heavy atom. The number of Topliss-reactive ketones (excluding diaryl/α,β-unsaturated/α-hetero) is 1. The van der Waals surface area contributed by atoms with Gasteiger partial charge in [0.25, 0.3) is 0 Å². The van der Waals surface area contributed by atoms with Crippen LogP contribution in [0.5, 0.6) is 11.5 Å². The summed E-state index contributed by atoms with van der Waals surface area (Å²) in [7, 11) is -1.19. The summed E-state index contributed by atoms with van der Waals surface area (Å²) in [4.78, 5) is 24.2. The number of ketones is 1. The molecule has 0 unspecified atom stereocenters. The quantitative estimate of drug-likeness (QED) is 0.488. The zero-order chi connectivity index (χ0) is 21.6. The molecule has 0 heterocycles. The smallest absolute Gasteiger partial charge is 0.321 e. The maximum absolute atomic E-state index is 12.4. The molecule has 0 aliphatic heterocycles. The molecular weight excluding hydrogens is 398 g/mol. The number of sulfonamides is 1. The van der Waals surface area contributed by atoms with Gasteiger partial charge in [-0.3, -0.25) is 9.59 Å². The number of methoxy groups -OCH3 is 2. The highest BCUT2D eigenvalue weighted by Gasteiger charge is 2.22. The van der Waals surface area contributed by atoms with Crippen LogP contribution in [-0.2, 0) is 19.6 Å². The molecule has 0 amide bonds. The number of rotatable bonds is 9. The van der Waals surface area contributed by atoms with Crippen molar-refractivity contribution in [3.05, 3.63) is 53.6 Å². The molecule has 2 aromatic rings. The van der Waals surface area contributed by atoms with Crippen LogP contribution in [0, 0.1) is 6.92 Å². The maximum Gasteiger partial charge on any atom is 0.321 e. The molecule has 0 spiro atoms. The summed E-state index contributed by atoms with van der Waals surface area (Å²) in [6, 6.07) is 10.9. The predicted octanol–water partition coefficient (Wildman–Crippen LogP) is 2.11. The molecule has 29 heavy (non-hydrogen) atoms. The fourth-order valence-electron chi connectivity index (χ4n) is 2.47.